The number of esters is 1. The van der Waals surface area contributed by atoms with Gasteiger partial charge < -0.3 is 14.4 Å². The number of hydrogen-bond acceptors (Lipinski definition) is 4. The van der Waals surface area contributed by atoms with Gasteiger partial charge in [0.05, 0.1) is 17.6 Å². The van der Waals surface area contributed by atoms with Gasteiger partial charge in [-0.15, -0.1) is 0 Å². The summed E-state index contributed by atoms with van der Waals surface area (Å²) in [6.45, 7) is 0. The topological polar surface area (TPSA) is 85.6 Å². The fraction of sp³-hybridized carbons (Fsp3) is 0.267. The van der Waals surface area contributed by atoms with Crippen molar-refractivity contribution in [3.63, 3.8) is 0 Å². The third-order valence-corrected chi connectivity index (χ3v) is 4.32. The Labute approximate surface area is 134 Å². The number of carboxylic acids is 1. The average Bonchev–Trinajstić information content (AvgIpc) is 3.30. The van der Waals surface area contributed by atoms with Crippen molar-refractivity contribution < 1.29 is 23.8 Å². The first-order chi connectivity index (χ1) is 10.8. The maximum Gasteiger partial charge on any atom is 0.341 e. The highest BCUT2D eigenvalue weighted by Gasteiger charge is 2.53. The molecule has 2 aromatic rings. The summed E-state index contributed by atoms with van der Waals surface area (Å²) in [7, 11) is 1.21. The molecule has 0 amide bonds. The number of halogens is 2. The van der Waals surface area contributed by atoms with Gasteiger partial charge in [0.25, 0.3) is 0 Å². The van der Waals surface area contributed by atoms with Gasteiger partial charge in [0.1, 0.15) is 16.9 Å². The number of ether oxygens (including phenoxy) is 1. The number of carboxylic acid groups (broad SMARTS) is 1. The summed E-state index contributed by atoms with van der Waals surface area (Å²) in [6, 6.07) is 2.10. The van der Waals surface area contributed by atoms with E-state index in [1.54, 1.807) is 0 Å². The van der Waals surface area contributed by atoms with E-state index in [9.17, 15) is 23.9 Å². The summed E-state index contributed by atoms with van der Waals surface area (Å²) in [5.74, 6) is -2.78. The summed E-state index contributed by atoms with van der Waals surface area (Å²) in [5, 5.41) is 8.86. The number of rotatable bonds is 3. The van der Waals surface area contributed by atoms with Crippen LogP contribution in [0.4, 0.5) is 4.39 Å². The molecule has 0 saturated heterocycles. The average molecular weight is 340 g/mol. The third kappa shape index (κ3) is 2.19. The fourth-order valence-corrected chi connectivity index (χ4v) is 2.84. The smallest absolute Gasteiger partial charge is 0.341 e. The summed E-state index contributed by atoms with van der Waals surface area (Å²) in [4.78, 5) is 35.7. The van der Waals surface area contributed by atoms with Crippen LogP contribution in [0, 0.1) is 5.82 Å². The summed E-state index contributed by atoms with van der Waals surface area (Å²) in [6.07, 6.45) is 1.87. The molecule has 1 aliphatic rings. The van der Waals surface area contributed by atoms with E-state index in [0.717, 1.165) is 18.3 Å². The zero-order chi connectivity index (χ0) is 16.9. The number of nitrogens with zero attached hydrogens (tertiary/aromatic N) is 1. The van der Waals surface area contributed by atoms with Gasteiger partial charge in [0.2, 0.25) is 5.43 Å². The molecule has 1 aromatic heterocycles. The van der Waals surface area contributed by atoms with E-state index in [2.05, 4.69) is 0 Å². The Bertz CT molecular complexity index is 916. The van der Waals surface area contributed by atoms with E-state index in [-0.39, 0.29) is 15.9 Å². The van der Waals surface area contributed by atoms with E-state index in [1.807, 2.05) is 0 Å². The second-order valence-electron chi connectivity index (χ2n) is 5.35. The van der Waals surface area contributed by atoms with E-state index >= 15 is 0 Å². The lowest BCUT2D eigenvalue weighted by Gasteiger charge is -2.20. The van der Waals surface area contributed by atoms with Gasteiger partial charge in [-0.1, -0.05) is 11.6 Å². The Hall–Kier alpha value is -2.41. The minimum Gasteiger partial charge on any atom is -0.477 e. The number of methoxy groups -OCH3 is 1. The predicted octanol–water partition coefficient (Wildman–Crippen LogP) is 2.15. The van der Waals surface area contributed by atoms with Gasteiger partial charge in [0.15, 0.2) is 0 Å². The molecular formula is C15H11ClFNO5. The highest BCUT2D eigenvalue weighted by molar-refractivity contribution is 6.31. The molecule has 0 bridgehead atoms. The molecule has 8 heteroatoms. The number of aromatic carboxylic acids is 1. The second kappa shape index (κ2) is 5.06. The van der Waals surface area contributed by atoms with Gasteiger partial charge in [-0.25, -0.2) is 14.0 Å². The Kier molecular flexibility index (Phi) is 3.40. The van der Waals surface area contributed by atoms with Gasteiger partial charge in [0, 0.05) is 11.6 Å². The zero-order valence-electron chi connectivity index (χ0n) is 11.9. The number of aromatic nitrogens is 1. The normalized spacial score (nSPS) is 15.4. The monoisotopic (exact) mass is 339 g/mol. The van der Waals surface area contributed by atoms with Crippen LogP contribution in [0.25, 0.3) is 10.9 Å². The largest absolute Gasteiger partial charge is 0.477 e. The molecule has 0 atom stereocenters. The molecule has 1 aliphatic carbocycles. The molecule has 3 rings (SSSR count). The highest BCUT2D eigenvalue weighted by atomic mass is 35.5. The minimum absolute atomic E-state index is 0.0634. The van der Waals surface area contributed by atoms with Crippen LogP contribution < -0.4 is 5.43 Å². The highest BCUT2D eigenvalue weighted by Crippen LogP contribution is 2.46. The lowest BCUT2D eigenvalue weighted by atomic mass is 10.1. The van der Waals surface area contributed by atoms with Crippen molar-refractivity contribution in [1.82, 2.24) is 4.57 Å². The number of carbonyl (C=O) groups excluding carboxylic acids is 1. The van der Waals surface area contributed by atoms with E-state index in [0.29, 0.717) is 12.8 Å². The number of benzene rings is 1. The van der Waals surface area contributed by atoms with Crippen molar-refractivity contribution >= 4 is 34.4 Å². The van der Waals surface area contributed by atoms with Crippen molar-refractivity contribution in [2.45, 2.75) is 18.4 Å². The molecule has 0 unspecified atom stereocenters. The first-order valence-electron chi connectivity index (χ1n) is 6.68. The Morgan fingerprint density at radius 2 is 2.04 bits per heavy atom. The van der Waals surface area contributed by atoms with Crippen LogP contribution in [0.3, 0.4) is 0 Å². The molecule has 0 spiro atoms. The number of pyridine rings is 1. The van der Waals surface area contributed by atoms with Gasteiger partial charge in [-0.2, -0.15) is 0 Å². The van der Waals surface area contributed by atoms with E-state index in [4.69, 9.17) is 16.3 Å². The van der Waals surface area contributed by atoms with Crippen LogP contribution in [0.15, 0.2) is 23.1 Å². The minimum atomic E-state index is -1.44. The molecule has 1 N–H and O–H groups in total. The van der Waals surface area contributed by atoms with E-state index < -0.39 is 34.3 Å². The van der Waals surface area contributed by atoms with Crippen LogP contribution >= 0.6 is 11.6 Å². The molecule has 1 heterocycles. The first kappa shape index (κ1) is 15.5. The van der Waals surface area contributed by atoms with E-state index in [1.165, 1.54) is 11.7 Å². The Morgan fingerprint density at radius 3 is 2.57 bits per heavy atom. The Morgan fingerprint density at radius 1 is 1.39 bits per heavy atom. The van der Waals surface area contributed by atoms with Crippen LogP contribution in [0.5, 0.6) is 0 Å². The molecular weight excluding hydrogens is 329 g/mol. The standard InChI is InChI=1S/C15H11ClFNO5/c1-23-14(22)15(2-3-15)18-6-8(13(20)21)12(19)7-4-9(16)10(17)5-11(7)18/h4-6H,2-3H2,1H3,(H,20,21). The van der Waals surface area contributed by atoms with Gasteiger partial charge >= 0.3 is 11.9 Å². The lowest BCUT2D eigenvalue weighted by molar-refractivity contribution is -0.146. The molecule has 1 saturated carbocycles. The van der Waals surface area contributed by atoms with Crippen molar-refractivity contribution in [3.05, 3.63) is 45.0 Å². The second-order valence-corrected chi connectivity index (χ2v) is 5.76. The molecule has 0 radical (unpaired) electrons. The lowest BCUT2D eigenvalue weighted by Crippen LogP contribution is -2.32. The molecule has 120 valence electrons. The quantitative estimate of drug-likeness (QED) is 0.866. The number of hydrogen-bond donors (Lipinski definition) is 1. The molecule has 0 aliphatic heterocycles. The van der Waals surface area contributed by atoms with Gasteiger partial charge in [-0.05, 0) is 25.0 Å². The van der Waals surface area contributed by atoms with Crippen LogP contribution in [0.1, 0.15) is 23.2 Å². The zero-order valence-corrected chi connectivity index (χ0v) is 12.7. The summed E-state index contributed by atoms with van der Waals surface area (Å²) < 4.78 is 19.9. The molecule has 23 heavy (non-hydrogen) atoms. The van der Waals surface area contributed by atoms with Crippen LogP contribution in [-0.4, -0.2) is 28.7 Å². The maximum absolute atomic E-state index is 13.8. The predicted molar refractivity (Wildman–Crippen MR) is 79.4 cm³/mol. The molecule has 1 aromatic carbocycles. The summed E-state index contributed by atoms with van der Waals surface area (Å²) in [5.41, 5.74) is -2.32. The summed E-state index contributed by atoms with van der Waals surface area (Å²) >= 11 is 5.70. The Balaban J connectivity index is 2.44. The molecule has 6 nitrogen and oxygen atoms in total. The number of carbonyl (C=O) groups is 2. The SMILES string of the molecule is COC(=O)C1(n2cc(C(=O)O)c(=O)c3cc(Cl)c(F)cc32)CC1. The first-order valence-corrected chi connectivity index (χ1v) is 7.06. The van der Waals surface area contributed by atoms with Gasteiger partial charge in [-0.3, -0.25) is 4.79 Å². The number of fused-ring (bicyclic) bond motifs is 1. The third-order valence-electron chi connectivity index (χ3n) is 4.03. The van der Waals surface area contributed by atoms with Crippen molar-refractivity contribution in [1.29, 1.82) is 0 Å². The maximum atomic E-state index is 13.8. The van der Waals surface area contributed by atoms with Crippen LogP contribution in [0.2, 0.25) is 5.02 Å². The molecule has 1 fully saturated rings. The van der Waals surface area contributed by atoms with Crippen molar-refractivity contribution in [2.75, 3.05) is 7.11 Å². The van der Waals surface area contributed by atoms with Crippen molar-refractivity contribution in [2.24, 2.45) is 0 Å². The van der Waals surface area contributed by atoms with Crippen molar-refractivity contribution in [3.8, 4) is 0 Å². The van der Waals surface area contributed by atoms with Crippen LogP contribution in [-0.2, 0) is 15.1 Å². The fourth-order valence-electron chi connectivity index (χ4n) is 2.68.